The largest absolute Gasteiger partial charge is 0.504 e. The lowest BCUT2D eigenvalue weighted by molar-refractivity contribution is -0.112. The molecule has 3 N–H and O–H groups in total. The van der Waals surface area contributed by atoms with Gasteiger partial charge >= 0.3 is 5.97 Å². The third kappa shape index (κ3) is 4.14. The van der Waals surface area contributed by atoms with Crippen molar-refractivity contribution < 1.29 is 24.5 Å². The van der Waals surface area contributed by atoms with Crippen LogP contribution in [0.2, 0.25) is 0 Å². The number of hydrogen-bond acceptors (Lipinski definition) is 5. The van der Waals surface area contributed by atoms with Gasteiger partial charge in [0.1, 0.15) is 11.6 Å². The van der Waals surface area contributed by atoms with Crippen molar-refractivity contribution in [3.63, 3.8) is 0 Å². The van der Waals surface area contributed by atoms with Gasteiger partial charge < -0.3 is 20.3 Å². The fourth-order valence-electron chi connectivity index (χ4n) is 2.08. The van der Waals surface area contributed by atoms with Gasteiger partial charge in [-0.15, -0.1) is 0 Å². The molecule has 7 heteroatoms. The number of phenolic OH excluding ortho intramolecular Hbond substituents is 1. The third-order valence-corrected chi connectivity index (χ3v) is 3.28. The Morgan fingerprint density at radius 1 is 1.24 bits per heavy atom. The normalized spacial score (nSPS) is 10.6. The summed E-state index contributed by atoms with van der Waals surface area (Å²) in [4.78, 5) is 23.4. The summed E-state index contributed by atoms with van der Waals surface area (Å²) in [5, 5.41) is 30.5. The lowest BCUT2D eigenvalue weighted by atomic mass is 10.1. The second-order valence-electron chi connectivity index (χ2n) is 4.91. The lowest BCUT2D eigenvalue weighted by Crippen LogP contribution is -2.16. The van der Waals surface area contributed by atoms with Crippen molar-refractivity contribution in [1.82, 2.24) is 0 Å². The Bertz CT molecular complexity index is 897. The molecule has 25 heavy (non-hydrogen) atoms. The first-order valence-corrected chi connectivity index (χ1v) is 7.08. The van der Waals surface area contributed by atoms with E-state index in [-0.39, 0.29) is 28.3 Å². The molecule has 0 unspecified atom stereocenters. The first-order valence-electron chi connectivity index (χ1n) is 7.08. The van der Waals surface area contributed by atoms with Gasteiger partial charge in [0.25, 0.3) is 5.91 Å². The van der Waals surface area contributed by atoms with Crippen molar-refractivity contribution in [3.8, 4) is 17.6 Å². The number of benzene rings is 2. The smallest absolute Gasteiger partial charge is 0.337 e. The van der Waals surface area contributed by atoms with Gasteiger partial charge in [-0.3, -0.25) is 4.79 Å². The summed E-state index contributed by atoms with van der Waals surface area (Å²) in [6, 6.07) is 12.0. The predicted molar refractivity (Wildman–Crippen MR) is 90.3 cm³/mol. The predicted octanol–water partition coefficient (Wildman–Crippen LogP) is 2.64. The number of carboxylic acid groups (broad SMARTS) is 1. The average Bonchev–Trinajstić information content (AvgIpc) is 2.60. The molecule has 2 rings (SSSR count). The van der Waals surface area contributed by atoms with E-state index in [1.165, 1.54) is 43.5 Å². The maximum atomic E-state index is 12.2. The first-order chi connectivity index (χ1) is 12.0. The molecule has 0 atom stereocenters. The highest BCUT2D eigenvalue weighted by atomic mass is 16.5. The minimum absolute atomic E-state index is 0.0822. The number of carbonyl (C=O) groups is 2. The molecule has 1 amide bonds. The summed E-state index contributed by atoms with van der Waals surface area (Å²) in [6.07, 6.45) is 1.28. The second-order valence-corrected chi connectivity index (χ2v) is 4.91. The molecular weight excluding hydrogens is 324 g/mol. The summed E-state index contributed by atoms with van der Waals surface area (Å²) in [5.41, 5.74) is 0.162. The van der Waals surface area contributed by atoms with E-state index in [0.29, 0.717) is 5.56 Å². The fourth-order valence-corrected chi connectivity index (χ4v) is 2.08. The number of rotatable bonds is 5. The fraction of sp³-hybridized carbons (Fsp3) is 0.0556. The highest BCUT2D eigenvalue weighted by Gasteiger charge is 2.15. The molecule has 0 bridgehead atoms. The van der Waals surface area contributed by atoms with E-state index < -0.39 is 11.9 Å². The molecule has 0 aromatic heterocycles. The van der Waals surface area contributed by atoms with Crippen molar-refractivity contribution in [2.45, 2.75) is 0 Å². The van der Waals surface area contributed by atoms with E-state index in [9.17, 15) is 20.0 Å². The van der Waals surface area contributed by atoms with Crippen molar-refractivity contribution >= 4 is 23.6 Å². The molecule has 0 saturated carbocycles. The lowest BCUT2D eigenvalue weighted by Gasteiger charge is -2.08. The SMILES string of the molecule is COc1ccc(/C=C(/C#N)C(=O)Nc2ccccc2C(=O)O)cc1O. The number of aromatic carboxylic acids is 1. The zero-order chi connectivity index (χ0) is 18.4. The van der Waals surface area contributed by atoms with Crippen LogP contribution in [0.3, 0.4) is 0 Å². The van der Waals surface area contributed by atoms with Gasteiger partial charge in [0.2, 0.25) is 0 Å². The number of nitrogens with one attached hydrogen (secondary N) is 1. The number of carbonyl (C=O) groups excluding carboxylic acids is 1. The Labute approximate surface area is 143 Å². The van der Waals surface area contributed by atoms with Crippen LogP contribution in [-0.4, -0.2) is 29.2 Å². The van der Waals surface area contributed by atoms with Crippen molar-refractivity contribution in [3.05, 3.63) is 59.2 Å². The number of phenols is 1. The third-order valence-electron chi connectivity index (χ3n) is 3.28. The van der Waals surface area contributed by atoms with Crippen LogP contribution in [-0.2, 0) is 4.79 Å². The quantitative estimate of drug-likeness (QED) is 0.569. The molecule has 0 aliphatic rings. The van der Waals surface area contributed by atoms with E-state index in [2.05, 4.69) is 5.32 Å². The standard InChI is InChI=1S/C18H14N2O5/c1-25-16-7-6-11(9-15(16)21)8-12(10-19)17(22)20-14-5-3-2-4-13(14)18(23)24/h2-9,21H,1H3,(H,20,22)(H,23,24)/b12-8-. The van der Waals surface area contributed by atoms with Crippen LogP contribution in [0.1, 0.15) is 15.9 Å². The number of para-hydroxylation sites is 1. The molecule has 0 aliphatic carbocycles. The molecule has 0 aliphatic heterocycles. The van der Waals surface area contributed by atoms with Crippen LogP contribution >= 0.6 is 0 Å². The van der Waals surface area contributed by atoms with Crippen molar-refractivity contribution in [2.24, 2.45) is 0 Å². The Hall–Kier alpha value is -3.79. The van der Waals surface area contributed by atoms with E-state index >= 15 is 0 Å². The van der Waals surface area contributed by atoms with E-state index in [4.69, 9.17) is 9.84 Å². The number of hydrogen-bond donors (Lipinski definition) is 3. The monoisotopic (exact) mass is 338 g/mol. The van der Waals surface area contributed by atoms with E-state index in [1.54, 1.807) is 18.2 Å². The summed E-state index contributed by atoms with van der Waals surface area (Å²) in [5.74, 6) is -1.83. The van der Waals surface area contributed by atoms with Gasteiger partial charge in [-0.05, 0) is 35.9 Å². The molecule has 126 valence electrons. The van der Waals surface area contributed by atoms with Gasteiger partial charge in [-0.1, -0.05) is 18.2 Å². The maximum absolute atomic E-state index is 12.2. The van der Waals surface area contributed by atoms with Crippen molar-refractivity contribution in [2.75, 3.05) is 12.4 Å². The Kier molecular flexibility index (Phi) is 5.38. The van der Waals surface area contributed by atoms with Gasteiger partial charge in [0.15, 0.2) is 11.5 Å². The molecule has 0 heterocycles. The number of ether oxygens (including phenoxy) is 1. The molecule has 2 aromatic rings. The van der Waals surface area contributed by atoms with Gasteiger partial charge in [0.05, 0.1) is 18.4 Å². The minimum atomic E-state index is -1.20. The highest BCUT2D eigenvalue weighted by Crippen LogP contribution is 2.27. The topological polar surface area (TPSA) is 120 Å². The number of nitriles is 1. The van der Waals surface area contributed by atoms with Crippen LogP contribution in [0.25, 0.3) is 6.08 Å². The summed E-state index contributed by atoms with van der Waals surface area (Å²) in [7, 11) is 1.40. The number of methoxy groups -OCH3 is 1. The molecule has 0 fully saturated rings. The molecule has 0 saturated heterocycles. The van der Waals surface area contributed by atoms with Crippen LogP contribution in [0, 0.1) is 11.3 Å². The summed E-state index contributed by atoms with van der Waals surface area (Å²) >= 11 is 0. The van der Waals surface area contributed by atoms with Crippen LogP contribution in [0.5, 0.6) is 11.5 Å². The van der Waals surface area contributed by atoms with Gasteiger partial charge in [-0.25, -0.2) is 4.79 Å². The van der Waals surface area contributed by atoms with Gasteiger partial charge in [0, 0.05) is 0 Å². The van der Waals surface area contributed by atoms with E-state index in [1.807, 2.05) is 0 Å². The molecule has 7 nitrogen and oxygen atoms in total. The Balaban J connectivity index is 2.29. The highest BCUT2D eigenvalue weighted by molar-refractivity contribution is 6.11. The molecule has 0 radical (unpaired) electrons. The summed E-state index contributed by atoms with van der Waals surface area (Å²) in [6.45, 7) is 0. The molecular formula is C18H14N2O5. The average molecular weight is 338 g/mol. The first kappa shape index (κ1) is 17.6. The number of carboxylic acids is 1. The molecule has 0 spiro atoms. The maximum Gasteiger partial charge on any atom is 0.337 e. The number of nitrogens with zero attached hydrogens (tertiary/aromatic N) is 1. The van der Waals surface area contributed by atoms with Crippen LogP contribution < -0.4 is 10.1 Å². The Morgan fingerprint density at radius 3 is 2.56 bits per heavy atom. The van der Waals surface area contributed by atoms with E-state index in [0.717, 1.165) is 0 Å². The molecule has 2 aromatic carbocycles. The van der Waals surface area contributed by atoms with Crippen molar-refractivity contribution in [1.29, 1.82) is 5.26 Å². The zero-order valence-electron chi connectivity index (χ0n) is 13.2. The zero-order valence-corrected chi connectivity index (χ0v) is 13.2. The number of amides is 1. The van der Waals surface area contributed by atoms with Crippen LogP contribution in [0.4, 0.5) is 5.69 Å². The summed E-state index contributed by atoms with van der Waals surface area (Å²) < 4.78 is 4.92. The number of aromatic hydroxyl groups is 1. The van der Waals surface area contributed by atoms with Crippen LogP contribution in [0.15, 0.2) is 48.0 Å². The second kappa shape index (κ2) is 7.66. The van der Waals surface area contributed by atoms with Gasteiger partial charge in [-0.2, -0.15) is 5.26 Å². The number of anilines is 1. The minimum Gasteiger partial charge on any atom is -0.504 e. The Morgan fingerprint density at radius 2 is 1.96 bits per heavy atom.